The van der Waals surface area contributed by atoms with Crippen LogP contribution < -0.4 is 5.32 Å². The molecular weight excluding hydrogens is 340 g/mol. The average Bonchev–Trinajstić information content (AvgIpc) is 2.66. The molecule has 0 aliphatic heterocycles. The maximum absolute atomic E-state index is 12.3. The molecule has 1 N–H and O–H groups in total. The van der Waals surface area contributed by atoms with Crippen LogP contribution in [0, 0.1) is 10.1 Å². The van der Waals surface area contributed by atoms with Gasteiger partial charge in [-0.05, 0) is 29.8 Å². The van der Waals surface area contributed by atoms with Crippen LogP contribution in [0.3, 0.4) is 0 Å². The number of carbonyl (C=O) groups is 2. The van der Waals surface area contributed by atoms with E-state index in [0.717, 1.165) is 0 Å². The highest BCUT2D eigenvalue weighted by atomic mass is 16.7. The van der Waals surface area contributed by atoms with Crippen LogP contribution in [-0.4, -0.2) is 30.7 Å². The highest BCUT2D eigenvalue weighted by molar-refractivity contribution is 6.05. The highest BCUT2D eigenvalue weighted by Gasteiger charge is 2.10. The lowest BCUT2D eigenvalue weighted by molar-refractivity contribution is -0.384. The Morgan fingerprint density at radius 2 is 1.85 bits per heavy atom. The zero-order valence-electron chi connectivity index (χ0n) is 13.9. The summed E-state index contributed by atoms with van der Waals surface area (Å²) in [6.45, 7) is 0.0251. The van der Waals surface area contributed by atoms with Gasteiger partial charge in [0.2, 0.25) is 0 Å². The zero-order valence-corrected chi connectivity index (χ0v) is 13.9. The van der Waals surface area contributed by atoms with E-state index in [2.05, 4.69) is 10.1 Å². The number of nitrogens with one attached hydrogen (secondary N) is 1. The number of rotatable bonds is 6. The van der Waals surface area contributed by atoms with Gasteiger partial charge in [0.1, 0.15) is 6.61 Å². The number of non-ortho nitro benzene ring substituents is 1. The summed E-state index contributed by atoms with van der Waals surface area (Å²) in [5, 5.41) is 13.4. The van der Waals surface area contributed by atoms with E-state index in [-0.39, 0.29) is 12.3 Å². The molecule has 26 heavy (non-hydrogen) atoms. The number of nitro groups is 1. The van der Waals surface area contributed by atoms with Gasteiger partial charge < -0.3 is 14.8 Å². The van der Waals surface area contributed by atoms with E-state index in [4.69, 9.17) is 4.74 Å². The lowest BCUT2D eigenvalue weighted by Crippen LogP contribution is -2.12. The van der Waals surface area contributed by atoms with E-state index in [1.165, 1.54) is 31.4 Å². The van der Waals surface area contributed by atoms with Crippen molar-refractivity contribution in [3.05, 3.63) is 75.8 Å². The Labute approximate surface area is 149 Å². The first-order valence-corrected chi connectivity index (χ1v) is 7.53. The normalized spacial score (nSPS) is 10.3. The SMILES string of the molecule is COC(=O)OC/C=C/c1ccccc1NC(=O)c1ccc([N+](=O)[O-])cc1. The molecule has 8 nitrogen and oxygen atoms in total. The Morgan fingerprint density at radius 3 is 2.50 bits per heavy atom. The molecule has 1 amide bonds. The van der Waals surface area contributed by atoms with E-state index in [9.17, 15) is 19.7 Å². The highest BCUT2D eigenvalue weighted by Crippen LogP contribution is 2.19. The van der Waals surface area contributed by atoms with Crippen LogP contribution in [0.4, 0.5) is 16.2 Å². The van der Waals surface area contributed by atoms with Gasteiger partial charge in [0.15, 0.2) is 0 Å². The molecule has 2 aromatic carbocycles. The molecule has 0 unspecified atom stereocenters. The number of benzene rings is 2. The van der Waals surface area contributed by atoms with E-state index < -0.39 is 17.0 Å². The van der Waals surface area contributed by atoms with Crippen molar-refractivity contribution in [3.8, 4) is 0 Å². The van der Waals surface area contributed by atoms with Gasteiger partial charge >= 0.3 is 6.16 Å². The molecule has 0 bridgehead atoms. The maximum atomic E-state index is 12.3. The molecule has 2 rings (SSSR count). The average molecular weight is 356 g/mol. The predicted molar refractivity (Wildman–Crippen MR) is 94.9 cm³/mol. The predicted octanol–water partition coefficient (Wildman–Crippen LogP) is 3.64. The summed E-state index contributed by atoms with van der Waals surface area (Å²) < 4.78 is 9.10. The number of para-hydroxylation sites is 1. The second kappa shape index (κ2) is 8.97. The van der Waals surface area contributed by atoms with Crippen LogP contribution >= 0.6 is 0 Å². The topological polar surface area (TPSA) is 108 Å². The fourth-order valence-corrected chi connectivity index (χ4v) is 2.04. The molecule has 0 saturated heterocycles. The number of hydrogen-bond donors (Lipinski definition) is 1. The van der Waals surface area contributed by atoms with Crippen molar-refractivity contribution in [2.45, 2.75) is 0 Å². The van der Waals surface area contributed by atoms with Crippen molar-refractivity contribution in [3.63, 3.8) is 0 Å². The van der Waals surface area contributed by atoms with Crippen molar-refractivity contribution in [2.24, 2.45) is 0 Å². The van der Waals surface area contributed by atoms with Crippen molar-refractivity contribution in [1.29, 1.82) is 0 Å². The van der Waals surface area contributed by atoms with Gasteiger partial charge in [0, 0.05) is 23.4 Å². The fourth-order valence-electron chi connectivity index (χ4n) is 2.04. The van der Waals surface area contributed by atoms with Gasteiger partial charge in [-0.3, -0.25) is 14.9 Å². The van der Waals surface area contributed by atoms with Crippen molar-refractivity contribution in [1.82, 2.24) is 0 Å². The minimum absolute atomic E-state index is 0.0251. The first-order valence-electron chi connectivity index (χ1n) is 7.53. The molecule has 0 fully saturated rings. The number of nitro benzene ring substituents is 1. The quantitative estimate of drug-likeness (QED) is 0.481. The van der Waals surface area contributed by atoms with Gasteiger partial charge in [0.25, 0.3) is 11.6 Å². The van der Waals surface area contributed by atoms with Crippen molar-refractivity contribution in [2.75, 3.05) is 19.0 Å². The Morgan fingerprint density at radius 1 is 1.15 bits per heavy atom. The van der Waals surface area contributed by atoms with E-state index in [0.29, 0.717) is 16.8 Å². The molecular formula is C18H16N2O6. The third-order valence-electron chi connectivity index (χ3n) is 3.31. The summed E-state index contributed by atoms with van der Waals surface area (Å²) in [6.07, 6.45) is 2.51. The van der Waals surface area contributed by atoms with Crippen LogP contribution in [0.15, 0.2) is 54.6 Å². The van der Waals surface area contributed by atoms with Gasteiger partial charge in [-0.1, -0.05) is 24.3 Å². The monoisotopic (exact) mass is 356 g/mol. The second-order valence-electron chi connectivity index (χ2n) is 5.01. The van der Waals surface area contributed by atoms with Crippen molar-refractivity contribution >= 4 is 29.5 Å². The Bertz CT molecular complexity index is 830. The van der Waals surface area contributed by atoms with Gasteiger partial charge in [-0.25, -0.2) is 4.79 Å². The number of methoxy groups -OCH3 is 1. The minimum Gasteiger partial charge on any atom is -0.438 e. The summed E-state index contributed by atoms with van der Waals surface area (Å²) >= 11 is 0. The molecule has 0 radical (unpaired) electrons. The van der Waals surface area contributed by atoms with Crippen LogP contribution in [0.5, 0.6) is 0 Å². The molecule has 0 aliphatic carbocycles. The van der Waals surface area contributed by atoms with Crippen molar-refractivity contribution < 1.29 is 24.0 Å². The standard InChI is InChI=1S/C18H16N2O6/c1-25-18(22)26-12-4-6-13-5-2-3-7-16(13)19-17(21)14-8-10-15(11-9-14)20(23)24/h2-11H,12H2,1H3,(H,19,21)/b6-4+. The fraction of sp³-hybridized carbons (Fsp3) is 0.111. The molecule has 0 spiro atoms. The van der Waals surface area contributed by atoms with E-state index >= 15 is 0 Å². The third-order valence-corrected chi connectivity index (χ3v) is 3.31. The molecule has 134 valence electrons. The summed E-state index contributed by atoms with van der Waals surface area (Å²) in [7, 11) is 1.22. The van der Waals surface area contributed by atoms with Gasteiger partial charge in [-0.15, -0.1) is 0 Å². The largest absolute Gasteiger partial charge is 0.508 e. The summed E-state index contributed by atoms with van der Waals surface area (Å²) in [6, 6.07) is 12.3. The summed E-state index contributed by atoms with van der Waals surface area (Å²) in [5.41, 5.74) is 1.46. The molecule has 0 atom stereocenters. The maximum Gasteiger partial charge on any atom is 0.508 e. The first kappa shape index (κ1) is 18.7. The molecule has 0 heterocycles. The lowest BCUT2D eigenvalue weighted by Gasteiger charge is -2.08. The number of anilines is 1. The van der Waals surface area contributed by atoms with Crippen LogP contribution in [-0.2, 0) is 9.47 Å². The number of hydrogen-bond acceptors (Lipinski definition) is 6. The number of nitrogens with zero attached hydrogens (tertiary/aromatic N) is 1. The summed E-state index contributed by atoms with van der Waals surface area (Å²) in [5.74, 6) is -0.397. The van der Waals surface area contributed by atoms with Gasteiger partial charge in [0.05, 0.1) is 12.0 Å². The molecule has 0 aromatic heterocycles. The molecule has 8 heteroatoms. The minimum atomic E-state index is -0.783. The Balaban J connectivity index is 2.07. The number of ether oxygens (including phenoxy) is 2. The number of carbonyl (C=O) groups excluding carboxylic acids is 2. The Hall–Kier alpha value is -3.68. The molecule has 0 saturated carbocycles. The van der Waals surface area contributed by atoms with E-state index in [1.807, 2.05) is 0 Å². The smallest absolute Gasteiger partial charge is 0.438 e. The zero-order chi connectivity index (χ0) is 18.9. The van der Waals surface area contributed by atoms with Crippen LogP contribution in [0.1, 0.15) is 15.9 Å². The summed E-state index contributed by atoms with van der Waals surface area (Å²) in [4.78, 5) is 33.3. The molecule has 0 aliphatic rings. The Kier molecular flexibility index (Phi) is 6.44. The molecule has 2 aromatic rings. The first-order chi connectivity index (χ1) is 12.5. The van der Waals surface area contributed by atoms with E-state index in [1.54, 1.807) is 36.4 Å². The third kappa shape index (κ3) is 5.17. The van der Waals surface area contributed by atoms with Crippen LogP contribution in [0.25, 0.3) is 6.08 Å². The second-order valence-corrected chi connectivity index (χ2v) is 5.01. The van der Waals surface area contributed by atoms with Gasteiger partial charge in [-0.2, -0.15) is 0 Å². The number of amides is 1. The lowest BCUT2D eigenvalue weighted by atomic mass is 10.1. The van der Waals surface area contributed by atoms with Crippen LogP contribution in [0.2, 0.25) is 0 Å².